The van der Waals surface area contributed by atoms with Crippen molar-refractivity contribution < 1.29 is 0 Å². The SMILES string of the molecule is CC(C)n1c(=O)c(CS)cc2ccccc21. The number of rotatable bonds is 2. The molecule has 16 heavy (non-hydrogen) atoms. The van der Waals surface area contributed by atoms with E-state index in [4.69, 9.17) is 0 Å². The Bertz CT molecular complexity index is 572. The second-order valence-corrected chi connectivity index (χ2v) is 4.47. The summed E-state index contributed by atoms with van der Waals surface area (Å²) in [6.07, 6.45) is 0. The van der Waals surface area contributed by atoms with Gasteiger partial charge in [0.1, 0.15) is 0 Å². The summed E-state index contributed by atoms with van der Waals surface area (Å²) in [5.41, 5.74) is 1.83. The molecule has 1 heterocycles. The summed E-state index contributed by atoms with van der Waals surface area (Å²) >= 11 is 4.21. The van der Waals surface area contributed by atoms with Crippen LogP contribution in [0.2, 0.25) is 0 Å². The van der Waals surface area contributed by atoms with E-state index in [9.17, 15) is 4.79 Å². The molecule has 0 atom stereocenters. The molecule has 3 heteroatoms. The first kappa shape index (κ1) is 11.3. The van der Waals surface area contributed by atoms with Crippen molar-refractivity contribution in [3.05, 3.63) is 46.2 Å². The van der Waals surface area contributed by atoms with E-state index in [1.165, 1.54) is 0 Å². The van der Waals surface area contributed by atoms with E-state index in [2.05, 4.69) is 12.6 Å². The molecule has 84 valence electrons. The second kappa shape index (κ2) is 4.34. The number of aromatic nitrogens is 1. The van der Waals surface area contributed by atoms with E-state index >= 15 is 0 Å². The maximum absolute atomic E-state index is 12.2. The maximum Gasteiger partial charge on any atom is 0.255 e. The van der Waals surface area contributed by atoms with E-state index in [0.717, 1.165) is 16.5 Å². The Morgan fingerprint density at radius 2 is 2.00 bits per heavy atom. The molecule has 2 rings (SSSR count). The quantitative estimate of drug-likeness (QED) is 0.791. The first-order chi connectivity index (χ1) is 7.65. The lowest BCUT2D eigenvalue weighted by molar-refractivity contribution is 0.597. The molecule has 0 unspecified atom stereocenters. The molecule has 0 aliphatic rings. The predicted octanol–water partition coefficient (Wildman–Crippen LogP) is 3.01. The number of pyridine rings is 1. The predicted molar refractivity (Wildman–Crippen MR) is 71.3 cm³/mol. The van der Waals surface area contributed by atoms with Crippen molar-refractivity contribution in [2.75, 3.05) is 0 Å². The van der Waals surface area contributed by atoms with E-state index in [0.29, 0.717) is 5.75 Å². The molecule has 0 fully saturated rings. The molecule has 0 bridgehead atoms. The molecule has 0 saturated heterocycles. The number of benzene rings is 1. The second-order valence-electron chi connectivity index (χ2n) is 4.16. The van der Waals surface area contributed by atoms with Gasteiger partial charge in [-0.25, -0.2) is 0 Å². The number of nitrogens with zero attached hydrogens (tertiary/aromatic N) is 1. The normalized spacial score (nSPS) is 11.2. The lowest BCUT2D eigenvalue weighted by Crippen LogP contribution is -2.25. The third-order valence-electron chi connectivity index (χ3n) is 2.71. The zero-order chi connectivity index (χ0) is 11.7. The molecular formula is C13H15NOS. The van der Waals surface area contributed by atoms with Gasteiger partial charge in [-0.15, -0.1) is 0 Å². The fourth-order valence-corrected chi connectivity index (χ4v) is 2.20. The van der Waals surface area contributed by atoms with Gasteiger partial charge < -0.3 is 4.57 Å². The minimum Gasteiger partial charge on any atom is -0.306 e. The first-order valence-corrected chi connectivity index (χ1v) is 6.02. The van der Waals surface area contributed by atoms with Gasteiger partial charge in [-0.2, -0.15) is 12.6 Å². The molecule has 0 radical (unpaired) electrons. The van der Waals surface area contributed by atoms with Crippen molar-refractivity contribution in [1.82, 2.24) is 4.57 Å². The summed E-state index contributed by atoms with van der Waals surface area (Å²) in [7, 11) is 0. The van der Waals surface area contributed by atoms with Crippen LogP contribution in [0.3, 0.4) is 0 Å². The van der Waals surface area contributed by atoms with Crippen molar-refractivity contribution in [1.29, 1.82) is 0 Å². The molecule has 1 aromatic heterocycles. The lowest BCUT2D eigenvalue weighted by Gasteiger charge is -2.15. The van der Waals surface area contributed by atoms with Crippen LogP contribution in [-0.2, 0) is 5.75 Å². The van der Waals surface area contributed by atoms with Crippen LogP contribution in [0.1, 0.15) is 25.5 Å². The third kappa shape index (κ3) is 1.76. The number of hydrogen-bond acceptors (Lipinski definition) is 2. The first-order valence-electron chi connectivity index (χ1n) is 5.39. The van der Waals surface area contributed by atoms with Gasteiger partial charge in [0, 0.05) is 17.4 Å². The van der Waals surface area contributed by atoms with Crippen LogP contribution in [0.15, 0.2) is 35.1 Å². The topological polar surface area (TPSA) is 22.0 Å². The van der Waals surface area contributed by atoms with Crippen LogP contribution in [-0.4, -0.2) is 4.57 Å². The van der Waals surface area contributed by atoms with Gasteiger partial charge in [-0.1, -0.05) is 18.2 Å². The molecule has 1 aromatic carbocycles. The van der Waals surface area contributed by atoms with Crippen LogP contribution in [0.25, 0.3) is 10.9 Å². The van der Waals surface area contributed by atoms with Crippen molar-refractivity contribution in [2.45, 2.75) is 25.6 Å². The Hall–Kier alpha value is -1.22. The maximum atomic E-state index is 12.2. The van der Waals surface area contributed by atoms with Crippen LogP contribution in [0.5, 0.6) is 0 Å². The fraction of sp³-hybridized carbons (Fsp3) is 0.308. The summed E-state index contributed by atoms with van der Waals surface area (Å²) < 4.78 is 1.83. The van der Waals surface area contributed by atoms with Crippen LogP contribution in [0, 0.1) is 0 Å². The molecular weight excluding hydrogens is 218 g/mol. The molecule has 0 saturated carbocycles. The van der Waals surface area contributed by atoms with Gasteiger partial charge >= 0.3 is 0 Å². The minimum atomic E-state index is 0.0729. The molecule has 2 nitrogen and oxygen atoms in total. The highest BCUT2D eigenvalue weighted by atomic mass is 32.1. The monoisotopic (exact) mass is 233 g/mol. The van der Waals surface area contributed by atoms with Crippen LogP contribution >= 0.6 is 12.6 Å². The molecule has 0 aliphatic carbocycles. The van der Waals surface area contributed by atoms with E-state index in [-0.39, 0.29) is 11.6 Å². The van der Waals surface area contributed by atoms with Crippen molar-refractivity contribution >= 4 is 23.5 Å². The van der Waals surface area contributed by atoms with Crippen molar-refractivity contribution in [2.24, 2.45) is 0 Å². The molecule has 0 aliphatic heterocycles. The fourth-order valence-electron chi connectivity index (χ4n) is 1.97. The Morgan fingerprint density at radius 1 is 1.31 bits per heavy atom. The van der Waals surface area contributed by atoms with E-state index in [1.54, 1.807) is 0 Å². The van der Waals surface area contributed by atoms with E-state index < -0.39 is 0 Å². The van der Waals surface area contributed by atoms with Gasteiger partial charge in [-0.05, 0) is 31.4 Å². The highest BCUT2D eigenvalue weighted by molar-refractivity contribution is 7.79. The summed E-state index contributed by atoms with van der Waals surface area (Å²) in [6.45, 7) is 4.05. The standard InChI is InChI=1S/C13H15NOS/c1-9(2)14-12-6-4-3-5-10(12)7-11(8-16)13(14)15/h3-7,9,16H,8H2,1-2H3. The zero-order valence-corrected chi connectivity index (χ0v) is 10.4. The number of para-hydroxylation sites is 1. The molecule has 0 N–H and O–H groups in total. The highest BCUT2D eigenvalue weighted by Gasteiger charge is 2.09. The summed E-state index contributed by atoms with van der Waals surface area (Å²) in [5, 5.41) is 1.10. The largest absolute Gasteiger partial charge is 0.306 e. The number of fused-ring (bicyclic) bond motifs is 1. The zero-order valence-electron chi connectivity index (χ0n) is 9.47. The lowest BCUT2D eigenvalue weighted by atomic mass is 10.1. The average molecular weight is 233 g/mol. The molecule has 0 amide bonds. The molecule has 0 spiro atoms. The summed E-state index contributed by atoms with van der Waals surface area (Å²) in [6, 6.07) is 10.1. The molecule has 2 aromatic rings. The Kier molecular flexibility index (Phi) is 3.06. The van der Waals surface area contributed by atoms with Crippen LogP contribution in [0.4, 0.5) is 0 Å². The third-order valence-corrected chi connectivity index (χ3v) is 3.05. The Morgan fingerprint density at radius 3 is 2.62 bits per heavy atom. The van der Waals surface area contributed by atoms with Gasteiger partial charge in [-0.3, -0.25) is 4.79 Å². The van der Waals surface area contributed by atoms with Gasteiger partial charge in [0.05, 0.1) is 5.52 Å². The average Bonchev–Trinajstić information content (AvgIpc) is 2.27. The smallest absolute Gasteiger partial charge is 0.255 e. The Labute approximate surface area is 100 Å². The van der Waals surface area contributed by atoms with E-state index in [1.807, 2.05) is 48.7 Å². The summed E-state index contributed by atoms with van der Waals surface area (Å²) in [4.78, 5) is 12.2. The van der Waals surface area contributed by atoms with Crippen LogP contribution < -0.4 is 5.56 Å². The summed E-state index contributed by atoms with van der Waals surface area (Å²) in [5.74, 6) is 0.483. The van der Waals surface area contributed by atoms with Crippen molar-refractivity contribution in [3.63, 3.8) is 0 Å². The van der Waals surface area contributed by atoms with Gasteiger partial charge in [0.25, 0.3) is 5.56 Å². The minimum absolute atomic E-state index is 0.0729. The Balaban J connectivity index is 2.91. The highest BCUT2D eigenvalue weighted by Crippen LogP contribution is 2.17. The van der Waals surface area contributed by atoms with Gasteiger partial charge in [0.15, 0.2) is 0 Å². The number of thiol groups is 1. The van der Waals surface area contributed by atoms with Crippen molar-refractivity contribution in [3.8, 4) is 0 Å². The van der Waals surface area contributed by atoms with Gasteiger partial charge in [0.2, 0.25) is 0 Å². The number of hydrogen-bond donors (Lipinski definition) is 1.